The molecule has 0 radical (unpaired) electrons. The lowest BCUT2D eigenvalue weighted by Gasteiger charge is -2.21. The van der Waals surface area contributed by atoms with Gasteiger partial charge in [-0.3, -0.25) is 0 Å². The maximum absolute atomic E-state index is 13.9. The number of ether oxygens (including phenoxy) is 1. The molecule has 0 aromatic heterocycles. The Kier molecular flexibility index (Phi) is 5.96. The van der Waals surface area contributed by atoms with Crippen LogP contribution < -0.4 is 20.3 Å². The fraction of sp³-hybridized carbons (Fsp3) is 0.350. The highest BCUT2D eigenvalue weighted by atomic mass is 19.1. The standard InChI is InChI=1S/C20H22F3N3O2/c1-12(16-9-13(21)4-6-19(16)28-2)24-20(27)25-15-7-8-26(11-15)18-5-3-14(22)10-17(18)23/h3-6,9-10,12,15H,7-8,11H2,1-2H3,(H2,24,25,27). The summed E-state index contributed by atoms with van der Waals surface area (Å²) in [6.07, 6.45) is 0.627. The first kappa shape index (κ1) is 19.9. The van der Waals surface area contributed by atoms with Gasteiger partial charge in [-0.15, -0.1) is 0 Å². The molecule has 2 N–H and O–H groups in total. The Morgan fingerprint density at radius 3 is 2.61 bits per heavy atom. The number of nitrogens with zero attached hydrogens (tertiary/aromatic N) is 1. The lowest BCUT2D eigenvalue weighted by molar-refractivity contribution is 0.234. The fourth-order valence-electron chi connectivity index (χ4n) is 3.38. The molecular weight excluding hydrogens is 371 g/mol. The molecule has 1 fully saturated rings. The van der Waals surface area contributed by atoms with E-state index in [0.29, 0.717) is 36.5 Å². The van der Waals surface area contributed by atoms with E-state index in [0.717, 1.165) is 6.07 Å². The third kappa shape index (κ3) is 4.49. The molecule has 2 amide bonds. The molecule has 28 heavy (non-hydrogen) atoms. The third-order valence-corrected chi connectivity index (χ3v) is 4.78. The largest absolute Gasteiger partial charge is 0.496 e. The fourth-order valence-corrected chi connectivity index (χ4v) is 3.38. The van der Waals surface area contributed by atoms with Crippen molar-refractivity contribution in [1.82, 2.24) is 10.6 Å². The molecule has 0 bridgehead atoms. The van der Waals surface area contributed by atoms with Crippen LogP contribution in [0.15, 0.2) is 36.4 Å². The molecule has 3 rings (SSSR count). The zero-order chi connectivity index (χ0) is 20.3. The first-order valence-electron chi connectivity index (χ1n) is 8.98. The Morgan fingerprint density at radius 2 is 1.89 bits per heavy atom. The van der Waals surface area contributed by atoms with Gasteiger partial charge in [-0.1, -0.05) is 0 Å². The van der Waals surface area contributed by atoms with Crippen molar-refractivity contribution in [2.45, 2.75) is 25.4 Å². The Bertz CT molecular complexity index is 863. The van der Waals surface area contributed by atoms with Gasteiger partial charge in [0.05, 0.1) is 18.8 Å². The topological polar surface area (TPSA) is 53.6 Å². The average Bonchev–Trinajstić information content (AvgIpc) is 3.09. The normalized spacial score (nSPS) is 17.3. The van der Waals surface area contributed by atoms with Crippen molar-refractivity contribution in [1.29, 1.82) is 0 Å². The van der Waals surface area contributed by atoms with Gasteiger partial charge in [-0.25, -0.2) is 18.0 Å². The minimum absolute atomic E-state index is 0.189. The predicted molar refractivity (Wildman–Crippen MR) is 100 cm³/mol. The number of carbonyl (C=O) groups is 1. The molecule has 2 aromatic carbocycles. The summed E-state index contributed by atoms with van der Waals surface area (Å²) in [5.41, 5.74) is 0.836. The summed E-state index contributed by atoms with van der Waals surface area (Å²) in [6.45, 7) is 2.68. The van der Waals surface area contributed by atoms with Crippen LogP contribution in [-0.4, -0.2) is 32.3 Å². The summed E-state index contributed by atoms with van der Waals surface area (Å²) in [4.78, 5) is 14.1. The van der Waals surface area contributed by atoms with Gasteiger partial charge in [-0.2, -0.15) is 0 Å². The summed E-state index contributed by atoms with van der Waals surface area (Å²) < 4.78 is 45.7. The number of urea groups is 1. The molecule has 8 heteroatoms. The molecule has 2 aromatic rings. The van der Waals surface area contributed by atoms with Gasteiger partial charge in [0.2, 0.25) is 0 Å². The highest BCUT2D eigenvalue weighted by Crippen LogP contribution is 2.26. The number of nitrogens with one attached hydrogen (secondary N) is 2. The molecular formula is C20H22F3N3O2. The van der Waals surface area contributed by atoms with Crippen molar-refractivity contribution in [3.63, 3.8) is 0 Å². The number of rotatable bonds is 5. The number of hydrogen-bond acceptors (Lipinski definition) is 3. The highest BCUT2D eigenvalue weighted by molar-refractivity contribution is 5.75. The van der Waals surface area contributed by atoms with Crippen LogP contribution >= 0.6 is 0 Å². The molecule has 1 saturated heterocycles. The summed E-state index contributed by atoms with van der Waals surface area (Å²) >= 11 is 0. The van der Waals surface area contributed by atoms with Crippen LogP contribution in [0.5, 0.6) is 5.75 Å². The second-order valence-electron chi connectivity index (χ2n) is 6.75. The van der Waals surface area contributed by atoms with Crippen LogP contribution in [0.1, 0.15) is 24.9 Å². The molecule has 150 valence electrons. The van der Waals surface area contributed by atoms with E-state index in [1.807, 2.05) is 0 Å². The maximum atomic E-state index is 13.9. The van der Waals surface area contributed by atoms with Crippen molar-refractivity contribution in [3.05, 3.63) is 59.4 Å². The minimum atomic E-state index is -0.628. The summed E-state index contributed by atoms with van der Waals surface area (Å²) in [5, 5.41) is 5.60. The van der Waals surface area contributed by atoms with E-state index < -0.39 is 29.5 Å². The van der Waals surface area contributed by atoms with Crippen molar-refractivity contribution in [2.24, 2.45) is 0 Å². The van der Waals surface area contributed by atoms with E-state index in [9.17, 15) is 18.0 Å². The number of benzene rings is 2. The Balaban J connectivity index is 1.58. The van der Waals surface area contributed by atoms with Crippen molar-refractivity contribution in [3.8, 4) is 5.75 Å². The van der Waals surface area contributed by atoms with E-state index in [4.69, 9.17) is 4.74 Å². The van der Waals surface area contributed by atoms with E-state index in [2.05, 4.69) is 10.6 Å². The van der Waals surface area contributed by atoms with Gasteiger partial charge < -0.3 is 20.3 Å². The average molecular weight is 393 g/mol. The van der Waals surface area contributed by atoms with E-state index in [1.54, 1.807) is 11.8 Å². The second kappa shape index (κ2) is 8.41. The van der Waals surface area contributed by atoms with Gasteiger partial charge in [0.15, 0.2) is 0 Å². The highest BCUT2D eigenvalue weighted by Gasteiger charge is 2.26. The Morgan fingerprint density at radius 1 is 1.18 bits per heavy atom. The molecule has 0 aliphatic carbocycles. The molecule has 2 unspecified atom stereocenters. The Labute approximate surface area is 161 Å². The van der Waals surface area contributed by atoms with E-state index in [1.165, 1.54) is 37.4 Å². The second-order valence-corrected chi connectivity index (χ2v) is 6.75. The van der Waals surface area contributed by atoms with Gasteiger partial charge >= 0.3 is 6.03 Å². The first-order chi connectivity index (χ1) is 13.4. The monoisotopic (exact) mass is 393 g/mol. The number of anilines is 1. The molecule has 0 spiro atoms. The number of methoxy groups -OCH3 is 1. The molecule has 1 aliphatic rings. The molecule has 5 nitrogen and oxygen atoms in total. The Hall–Kier alpha value is -2.90. The summed E-state index contributed by atoms with van der Waals surface area (Å²) in [5.74, 6) is -1.20. The lowest BCUT2D eigenvalue weighted by Crippen LogP contribution is -2.44. The first-order valence-corrected chi connectivity index (χ1v) is 8.98. The third-order valence-electron chi connectivity index (χ3n) is 4.78. The zero-order valence-corrected chi connectivity index (χ0v) is 15.6. The molecule has 1 heterocycles. The van der Waals surface area contributed by atoms with Crippen molar-refractivity contribution < 1.29 is 22.7 Å². The van der Waals surface area contributed by atoms with Crippen LogP contribution in [0, 0.1) is 17.5 Å². The quantitative estimate of drug-likeness (QED) is 0.814. The van der Waals surface area contributed by atoms with Crippen LogP contribution in [0.4, 0.5) is 23.7 Å². The SMILES string of the molecule is COc1ccc(F)cc1C(C)NC(=O)NC1CCN(c2ccc(F)cc2F)C1. The minimum Gasteiger partial charge on any atom is -0.496 e. The molecule has 1 aliphatic heterocycles. The number of hydrogen-bond donors (Lipinski definition) is 2. The van der Waals surface area contributed by atoms with Gasteiger partial charge in [0, 0.05) is 30.8 Å². The number of carbonyl (C=O) groups excluding carboxylic acids is 1. The lowest BCUT2D eigenvalue weighted by atomic mass is 10.1. The van der Waals surface area contributed by atoms with E-state index in [-0.39, 0.29) is 6.04 Å². The maximum Gasteiger partial charge on any atom is 0.315 e. The van der Waals surface area contributed by atoms with Gasteiger partial charge in [0.25, 0.3) is 0 Å². The molecule has 2 atom stereocenters. The van der Waals surface area contributed by atoms with Crippen LogP contribution in [0.2, 0.25) is 0 Å². The van der Waals surface area contributed by atoms with Crippen LogP contribution in [0.25, 0.3) is 0 Å². The molecule has 0 saturated carbocycles. The van der Waals surface area contributed by atoms with Crippen molar-refractivity contribution >= 4 is 11.7 Å². The van der Waals surface area contributed by atoms with Crippen LogP contribution in [-0.2, 0) is 0 Å². The number of amides is 2. The van der Waals surface area contributed by atoms with E-state index >= 15 is 0 Å². The zero-order valence-electron chi connectivity index (χ0n) is 15.6. The predicted octanol–water partition coefficient (Wildman–Crippen LogP) is 3.75. The van der Waals surface area contributed by atoms with Gasteiger partial charge in [0.1, 0.15) is 23.2 Å². The summed E-state index contributed by atoms with van der Waals surface area (Å²) in [7, 11) is 1.48. The van der Waals surface area contributed by atoms with Gasteiger partial charge in [-0.05, 0) is 43.7 Å². The smallest absolute Gasteiger partial charge is 0.315 e. The number of halogens is 3. The summed E-state index contributed by atoms with van der Waals surface area (Å²) in [6, 6.07) is 6.48. The van der Waals surface area contributed by atoms with Crippen molar-refractivity contribution in [2.75, 3.05) is 25.1 Å². The van der Waals surface area contributed by atoms with Crippen LogP contribution in [0.3, 0.4) is 0 Å².